The number of carboxylic acids is 1. The zero-order valence-electron chi connectivity index (χ0n) is 10.5. The highest BCUT2D eigenvalue weighted by Gasteiger charge is 2.24. The lowest BCUT2D eigenvalue weighted by Crippen LogP contribution is -2.35. The number of nitro groups is 1. The predicted octanol–water partition coefficient (Wildman–Crippen LogP) is 2.66. The average molecular weight is 332 g/mol. The lowest BCUT2D eigenvalue weighted by Gasteiger charge is -2.21. The Bertz CT molecular complexity index is 495. The van der Waals surface area contributed by atoms with Crippen LogP contribution in [0.2, 0.25) is 0 Å². The number of pyridine rings is 1. The van der Waals surface area contributed by atoms with Crippen LogP contribution in [-0.2, 0) is 4.79 Å². The summed E-state index contributed by atoms with van der Waals surface area (Å²) in [5.41, 5.74) is -0.159. The van der Waals surface area contributed by atoms with E-state index in [1.807, 2.05) is 13.8 Å². The Morgan fingerprint density at radius 3 is 2.74 bits per heavy atom. The van der Waals surface area contributed by atoms with Gasteiger partial charge in [-0.05, 0) is 21.8 Å². The molecule has 0 spiro atoms. The van der Waals surface area contributed by atoms with Crippen molar-refractivity contribution in [3.8, 4) is 0 Å². The topological polar surface area (TPSA) is 105 Å². The summed E-state index contributed by atoms with van der Waals surface area (Å²) in [6.45, 7) is 3.70. The van der Waals surface area contributed by atoms with Gasteiger partial charge < -0.3 is 10.4 Å². The third kappa shape index (κ3) is 3.88. The molecule has 104 valence electrons. The van der Waals surface area contributed by atoms with Gasteiger partial charge >= 0.3 is 5.97 Å². The van der Waals surface area contributed by atoms with Crippen molar-refractivity contribution < 1.29 is 14.8 Å². The summed E-state index contributed by atoms with van der Waals surface area (Å²) in [7, 11) is 0. The SMILES string of the molecule is CC[C@H](C)[C@H](Nc1ncc([N+](=O)[O-])cc1Br)C(=O)O. The van der Waals surface area contributed by atoms with E-state index in [0.29, 0.717) is 10.9 Å². The number of hydrogen-bond donors (Lipinski definition) is 2. The summed E-state index contributed by atoms with van der Waals surface area (Å²) < 4.78 is 0.358. The van der Waals surface area contributed by atoms with E-state index in [1.54, 1.807) is 0 Å². The molecule has 0 unspecified atom stereocenters. The van der Waals surface area contributed by atoms with E-state index in [-0.39, 0.29) is 17.4 Å². The summed E-state index contributed by atoms with van der Waals surface area (Å²) >= 11 is 3.14. The first kappa shape index (κ1) is 15.4. The summed E-state index contributed by atoms with van der Waals surface area (Å²) in [6.07, 6.45) is 1.77. The molecule has 1 rings (SSSR count). The quantitative estimate of drug-likeness (QED) is 0.613. The zero-order valence-corrected chi connectivity index (χ0v) is 12.0. The first-order chi connectivity index (χ1) is 8.86. The van der Waals surface area contributed by atoms with E-state index < -0.39 is 16.9 Å². The molecule has 0 saturated carbocycles. The van der Waals surface area contributed by atoms with Crippen LogP contribution in [0.15, 0.2) is 16.7 Å². The van der Waals surface area contributed by atoms with Crippen molar-refractivity contribution in [2.45, 2.75) is 26.3 Å². The zero-order chi connectivity index (χ0) is 14.6. The minimum Gasteiger partial charge on any atom is -0.480 e. The summed E-state index contributed by atoms with van der Waals surface area (Å²) in [5, 5.41) is 22.5. The summed E-state index contributed by atoms with van der Waals surface area (Å²) in [4.78, 5) is 25.1. The van der Waals surface area contributed by atoms with Gasteiger partial charge in [0, 0.05) is 6.07 Å². The molecule has 1 heterocycles. The lowest BCUT2D eigenvalue weighted by molar-refractivity contribution is -0.385. The number of aliphatic carboxylic acids is 1. The highest BCUT2D eigenvalue weighted by molar-refractivity contribution is 9.10. The van der Waals surface area contributed by atoms with Gasteiger partial charge in [-0.2, -0.15) is 0 Å². The number of carboxylic acid groups (broad SMARTS) is 1. The van der Waals surface area contributed by atoms with Crippen molar-refractivity contribution in [1.82, 2.24) is 4.98 Å². The highest BCUT2D eigenvalue weighted by atomic mass is 79.9. The van der Waals surface area contributed by atoms with Gasteiger partial charge in [0.05, 0.1) is 9.40 Å². The summed E-state index contributed by atoms with van der Waals surface area (Å²) in [5.74, 6) is -0.805. The molecular weight excluding hydrogens is 318 g/mol. The second-order valence-corrected chi connectivity index (χ2v) is 4.98. The number of nitrogens with zero attached hydrogens (tertiary/aromatic N) is 2. The average Bonchev–Trinajstić information content (AvgIpc) is 2.35. The van der Waals surface area contributed by atoms with E-state index in [1.165, 1.54) is 6.07 Å². The normalized spacial score (nSPS) is 13.6. The van der Waals surface area contributed by atoms with Gasteiger partial charge in [-0.15, -0.1) is 0 Å². The standard InChI is InChI=1S/C11H14BrN3O4/c1-3-6(2)9(11(16)17)14-10-8(12)4-7(5-13-10)15(18)19/h4-6,9H,3H2,1-2H3,(H,13,14)(H,16,17)/t6-,9-/m0/s1. The van der Waals surface area contributed by atoms with Gasteiger partial charge in [-0.1, -0.05) is 20.3 Å². The largest absolute Gasteiger partial charge is 0.480 e. The lowest BCUT2D eigenvalue weighted by atomic mass is 9.99. The fraction of sp³-hybridized carbons (Fsp3) is 0.455. The van der Waals surface area contributed by atoms with E-state index in [2.05, 4.69) is 26.2 Å². The smallest absolute Gasteiger partial charge is 0.326 e. The molecule has 19 heavy (non-hydrogen) atoms. The van der Waals surface area contributed by atoms with Crippen LogP contribution >= 0.6 is 15.9 Å². The fourth-order valence-corrected chi connectivity index (χ4v) is 1.92. The third-order valence-corrected chi connectivity index (χ3v) is 3.41. The molecule has 7 nitrogen and oxygen atoms in total. The molecule has 0 bridgehead atoms. The monoisotopic (exact) mass is 331 g/mol. The van der Waals surface area contributed by atoms with Crippen LogP contribution in [-0.4, -0.2) is 27.0 Å². The van der Waals surface area contributed by atoms with Crippen LogP contribution in [0.25, 0.3) is 0 Å². The second-order valence-electron chi connectivity index (χ2n) is 4.13. The van der Waals surface area contributed by atoms with Crippen molar-refractivity contribution >= 4 is 33.4 Å². The predicted molar refractivity (Wildman–Crippen MR) is 73.1 cm³/mol. The molecule has 2 N–H and O–H groups in total. The molecule has 1 aromatic heterocycles. The fourth-order valence-electron chi connectivity index (χ4n) is 1.46. The third-order valence-electron chi connectivity index (χ3n) is 2.81. The van der Waals surface area contributed by atoms with Gasteiger partial charge in [0.15, 0.2) is 0 Å². The van der Waals surface area contributed by atoms with Gasteiger partial charge in [0.25, 0.3) is 5.69 Å². The van der Waals surface area contributed by atoms with Gasteiger partial charge in [-0.25, -0.2) is 9.78 Å². The van der Waals surface area contributed by atoms with Crippen LogP contribution < -0.4 is 5.32 Å². The maximum absolute atomic E-state index is 11.2. The first-order valence-corrected chi connectivity index (χ1v) is 6.45. The molecule has 8 heteroatoms. The Balaban J connectivity index is 2.97. The molecule has 0 saturated heterocycles. The summed E-state index contributed by atoms with van der Waals surface area (Å²) in [6, 6.07) is 0.487. The maximum Gasteiger partial charge on any atom is 0.326 e. The van der Waals surface area contributed by atoms with Crippen molar-refractivity contribution in [1.29, 1.82) is 0 Å². The number of nitrogens with one attached hydrogen (secondary N) is 1. The first-order valence-electron chi connectivity index (χ1n) is 5.66. The van der Waals surface area contributed by atoms with Crippen molar-refractivity contribution in [3.05, 3.63) is 26.9 Å². The molecule has 1 aromatic rings. The van der Waals surface area contributed by atoms with Crippen LogP contribution in [0.4, 0.5) is 11.5 Å². The molecular formula is C11H14BrN3O4. The molecule has 2 atom stereocenters. The second kappa shape index (κ2) is 6.46. The molecule has 0 aliphatic heterocycles. The van der Waals surface area contributed by atoms with Gasteiger partial charge in [0.1, 0.15) is 18.1 Å². The number of aromatic nitrogens is 1. The number of hydrogen-bond acceptors (Lipinski definition) is 5. The van der Waals surface area contributed by atoms with Crippen LogP contribution in [0.5, 0.6) is 0 Å². The van der Waals surface area contributed by atoms with Gasteiger partial charge in [0.2, 0.25) is 0 Å². The Morgan fingerprint density at radius 1 is 1.68 bits per heavy atom. The number of rotatable bonds is 6. The van der Waals surface area contributed by atoms with E-state index in [0.717, 1.165) is 6.20 Å². The van der Waals surface area contributed by atoms with Crippen molar-refractivity contribution in [2.24, 2.45) is 5.92 Å². The minimum atomic E-state index is -0.985. The molecule has 0 fully saturated rings. The number of halogens is 1. The Kier molecular flexibility index (Phi) is 5.22. The number of anilines is 1. The van der Waals surface area contributed by atoms with E-state index in [4.69, 9.17) is 5.11 Å². The molecule has 0 radical (unpaired) electrons. The van der Waals surface area contributed by atoms with Crippen LogP contribution in [0, 0.1) is 16.0 Å². The van der Waals surface area contributed by atoms with Crippen LogP contribution in [0.3, 0.4) is 0 Å². The molecule has 0 aliphatic carbocycles. The highest BCUT2D eigenvalue weighted by Crippen LogP contribution is 2.26. The van der Waals surface area contributed by atoms with E-state index in [9.17, 15) is 14.9 Å². The van der Waals surface area contributed by atoms with E-state index >= 15 is 0 Å². The Labute approximate surface area is 118 Å². The van der Waals surface area contributed by atoms with Gasteiger partial charge in [-0.3, -0.25) is 10.1 Å². The molecule has 0 amide bonds. The van der Waals surface area contributed by atoms with Crippen molar-refractivity contribution in [2.75, 3.05) is 5.32 Å². The molecule has 0 aromatic carbocycles. The Morgan fingerprint density at radius 2 is 2.32 bits per heavy atom. The number of carbonyl (C=O) groups is 1. The van der Waals surface area contributed by atoms with Crippen LogP contribution in [0.1, 0.15) is 20.3 Å². The minimum absolute atomic E-state index is 0.0959. The molecule has 0 aliphatic rings. The van der Waals surface area contributed by atoms with Crippen molar-refractivity contribution in [3.63, 3.8) is 0 Å². The maximum atomic E-state index is 11.2. The Hall–Kier alpha value is -1.70.